The fourth-order valence-electron chi connectivity index (χ4n) is 4.56. The van der Waals surface area contributed by atoms with Crippen LogP contribution in [0.5, 0.6) is 0 Å². The van der Waals surface area contributed by atoms with Crippen molar-refractivity contribution in [1.29, 1.82) is 0 Å². The molecule has 2 aliphatic heterocycles. The van der Waals surface area contributed by atoms with E-state index < -0.39 is 34.8 Å². The highest BCUT2D eigenvalue weighted by atomic mass is 35.5. The molecule has 28 heavy (non-hydrogen) atoms. The Morgan fingerprint density at radius 1 is 1.07 bits per heavy atom. The Kier molecular flexibility index (Phi) is 3.97. The summed E-state index contributed by atoms with van der Waals surface area (Å²) in [4.78, 5) is 11.0. The maximum absolute atomic E-state index is 12.2. The summed E-state index contributed by atoms with van der Waals surface area (Å²) in [6.07, 6.45) is -1.31. The van der Waals surface area contributed by atoms with Crippen molar-refractivity contribution in [2.24, 2.45) is 0 Å². The number of fused-ring (bicyclic) bond motifs is 2. The van der Waals surface area contributed by atoms with Crippen molar-refractivity contribution >= 4 is 28.2 Å². The molecule has 2 aromatic carbocycles. The van der Waals surface area contributed by atoms with E-state index in [0.717, 1.165) is 10.9 Å². The number of alkyl halides is 1. The quantitative estimate of drug-likeness (QED) is 0.728. The highest BCUT2D eigenvalue weighted by molar-refractivity contribution is 6.39. The highest BCUT2D eigenvalue weighted by Gasteiger charge is 2.76. The second-order valence-corrected chi connectivity index (χ2v) is 9.25. The zero-order chi connectivity index (χ0) is 19.7. The summed E-state index contributed by atoms with van der Waals surface area (Å²) < 4.78 is 24.4. The number of hydrogen-bond donors (Lipinski definition) is 0. The molecule has 3 aliphatic rings. The van der Waals surface area contributed by atoms with Gasteiger partial charge in [-0.05, 0) is 43.2 Å². The minimum absolute atomic E-state index is 0.0484. The lowest BCUT2D eigenvalue weighted by atomic mass is 9.65. The number of halogens is 1. The first-order valence-corrected chi connectivity index (χ1v) is 9.95. The van der Waals surface area contributed by atoms with Gasteiger partial charge in [0.15, 0.2) is 17.9 Å². The van der Waals surface area contributed by atoms with Gasteiger partial charge in [-0.3, -0.25) is 4.79 Å². The molecule has 0 bridgehead atoms. The number of hydrogen-bond acceptors (Lipinski definition) is 5. The summed E-state index contributed by atoms with van der Waals surface area (Å²) in [6, 6.07) is 14.4. The summed E-state index contributed by atoms with van der Waals surface area (Å²) in [5.41, 5.74) is 0.103. The molecule has 5 nitrogen and oxygen atoms in total. The molecule has 5 atom stereocenters. The third kappa shape index (κ3) is 2.57. The predicted octanol–water partition coefficient (Wildman–Crippen LogP) is 3.94. The zero-order valence-electron chi connectivity index (χ0n) is 16.1. The fraction of sp³-hybridized carbons (Fsp3) is 0.500. The molecule has 6 heteroatoms. The molecule has 0 amide bonds. The number of benzene rings is 2. The van der Waals surface area contributed by atoms with Crippen LogP contribution in [0.1, 0.15) is 32.8 Å². The summed E-state index contributed by atoms with van der Waals surface area (Å²) in [5.74, 6) is -0.814. The Hall–Kier alpha value is -1.50. The molecule has 2 saturated heterocycles. The Morgan fingerprint density at radius 3 is 2.54 bits per heavy atom. The zero-order valence-corrected chi connectivity index (χ0v) is 16.9. The normalized spacial score (nSPS) is 38.7. The van der Waals surface area contributed by atoms with E-state index >= 15 is 0 Å². The Balaban J connectivity index is 1.42. The van der Waals surface area contributed by atoms with E-state index in [9.17, 15) is 4.79 Å². The van der Waals surface area contributed by atoms with Crippen LogP contribution in [0.15, 0.2) is 42.5 Å². The standard InChI is InChI=1S/C22H23ClO5/c1-20(2)26-17-18(22(28-19(17)27-20)11-16(24)21(22,3)23)25-12-13-8-9-14-6-4-5-7-15(14)10-13/h4-10,17-19H,11-12H2,1-3H3/t17-,18+,19+,21-,22+/m1/s1. The monoisotopic (exact) mass is 402 g/mol. The van der Waals surface area contributed by atoms with Gasteiger partial charge >= 0.3 is 0 Å². The maximum Gasteiger partial charge on any atom is 0.190 e. The molecule has 3 fully saturated rings. The number of carbonyl (C=O) groups is 1. The van der Waals surface area contributed by atoms with Crippen LogP contribution < -0.4 is 0 Å². The number of carbonyl (C=O) groups excluding carboxylic acids is 1. The summed E-state index contributed by atoms with van der Waals surface area (Å²) in [7, 11) is 0. The number of ether oxygens (including phenoxy) is 4. The number of rotatable bonds is 3. The maximum atomic E-state index is 12.2. The summed E-state index contributed by atoms with van der Waals surface area (Å²) in [5, 5.41) is 2.33. The van der Waals surface area contributed by atoms with Crippen LogP contribution in [0.3, 0.4) is 0 Å². The van der Waals surface area contributed by atoms with Gasteiger partial charge in [0, 0.05) is 6.42 Å². The van der Waals surface area contributed by atoms with E-state index in [1.807, 2.05) is 32.0 Å². The molecule has 5 rings (SSSR count). The van der Waals surface area contributed by atoms with E-state index in [1.54, 1.807) is 6.92 Å². The Labute approximate surface area is 168 Å². The average molecular weight is 403 g/mol. The van der Waals surface area contributed by atoms with Gasteiger partial charge in [-0.2, -0.15) is 0 Å². The van der Waals surface area contributed by atoms with Crippen molar-refractivity contribution in [1.82, 2.24) is 0 Å². The Bertz CT molecular complexity index is 955. The predicted molar refractivity (Wildman–Crippen MR) is 104 cm³/mol. The number of ketones is 1. The Morgan fingerprint density at radius 2 is 1.82 bits per heavy atom. The molecule has 1 saturated carbocycles. The van der Waals surface area contributed by atoms with Gasteiger partial charge in [-0.1, -0.05) is 36.4 Å². The topological polar surface area (TPSA) is 54.0 Å². The van der Waals surface area contributed by atoms with E-state index in [2.05, 4.69) is 24.3 Å². The minimum Gasteiger partial charge on any atom is -0.367 e. The lowest BCUT2D eigenvalue weighted by molar-refractivity contribution is -0.261. The molecule has 0 aromatic heterocycles. The van der Waals surface area contributed by atoms with Crippen LogP contribution in [-0.2, 0) is 30.3 Å². The lowest BCUT2D eigenvalue weighted by Gasteiger charge is -2.52. The van der Waals surface area contributed by atoms with Crippen molar-refractivity contribution in [3.63, 3.8) is 0 Å². The van der Waals surface area contributed by atoms with Gasteiger partial charge in [0.05, 0.1) is 6.61 Å². The largest absolute Gasteiger partial charge is 0.367 e. The van der Waals surface area contributed by atoms with E-state index in [4.69, 9.17) is 30.5 Å². The minimum atomic E-state index is -1.15. The van der Waals surface area contributed by atoms with E-state index in [-0.39, 0.29) is 12.2 Å². The van der Waals surface area contributed by atoms with Gasteiger partial charge in [0.25, 0.3) is 0 Å². The van der Waals surface area contributed by atoms with E-state index in [1.165, 1.54) is 5.39 Å². The molecule has 0 N–H and O–H groups in total. The SMILES string of the molecule is CC1(C)O[C@H]2O[C@@]3(CC(=O)[C@@]3(C)Cl)[C@@H](OCc3ccc4ccccc4c3)[C@H]2O1. The van der Waals surface area contributed by atoms with Crippen molar-refractivity contribution < 1.29 is 23.7 Å². The molecule has 2 aromatic rings. The molecule has 0 unspecified atom stereocenters. The molecule has 0 radical (unpaired) electrons. The van der Waals surface area contributed by atoms with Crippen LogP contribution in [0, 0.1) is 0 Å². The van der Waals surface area contributed by atoms with Crippen molar-refractivity contribution in [3.05, 3.63) is 48.0 Å². The van der Waals surface area contributed by atoms with Crippen LogP contribution in [0.2, 0.25) is 0 Å². The molecule has 1 aliphatic carbocycles. The third-order valence-electron chi connectivity index (χ3n) is 6.16. The first kappa shape index (κ1) is 18.5. The molecule has 1 spiro atoms. The first-order chi connectivity index (χ1) is 13.2. The van der Waals surface area contributed by atoms with E-state index in [0.29, 0.717) is 6.61 Å². The highest BCUT2D eigenvalue weighted by Crippen LogP contribution is 2.58. The molecular formula is C22H23ClO5. The first-order valence-electron chi connectivity index (χ1n) is 9.57. The van der Waals surface area contributed by atoms with Crippen molar-refractivity contribution in [2.45, 2.75) is 68.6 Å². The van der Waals surface area contributed by atoms with Gasteiger partial charge in [-0.25, -0.2) is 0 Å². The van der Waals surface area contributed by atoms with Gasteiger partial charge in [-0.15, -0.1) is 11.6 Å². The van der Waals surface area contributed by atoms with Crippen LogP contribution in [0.25, 0.3) is 10.8 Å². The van der Waals surface area contributed by atoms with Crippen LogP contribution in [-0.4, -0.2) is 40.5 Å². The second kappa shape index (κ2) is 6.00. The average Bonchev–Trinajstić information content (AvgIpc) is 3.10. The van der Waals surface area contributed by atoms with Gasteiger partial charge in [0.1, 0.15) is 22.7 Å². The van der Waals surface area contributed by atoms with Crippen molar-refractivity contribution in [3.8, 4) is 0 Å². The lowest BCUT2D eigenvalue weighted by Crippen LogP contribution is -2.71. The second-order valence-electron chi connectivity index (χ2n) is 8.49. The van der Waals surface area contributed by atoms with Gasteiger partial charge < -0.3 is 18.9 Å². The third-order valence-corrected chi connectivity index (χ3v) is 6.69. The van der Waals surface area contributed by atoms with Crippen molar-refractivity contribution in [2.75, 3.05) is 0 Å². The van der Waals surface area contributed by atoms with Gasteiger partial charge in [0.2, 0.25) is 0 Å². The summed E-state index contributed by atoms with van der Waals surface area (Å²) >= 11 is 6.59. The fourth-order valence-corrected chi connectivity index (χ4v) is 4.84. The number of Topliss-reactive ketones (excluding diaryl/α,β-unsaturated/α-hetero) is 1. The molecule has 148 valence electrons. The molecular weight excluding hydrogens is 380 g/mol. The van der Waals surface area contributed by atoms with Crippen LogP contribution >= 0.6 is 11.6 Å². The molecule has 2 heterocycles. The summed E-state index contributed by atoms with van der Waals surface area (Å²) in [6.45, 7) is 5.74. The smallest absolute Gasteiger partial charge is 0.190 e. The van der Waals surface area contributed by atoms with Crippen LogP contribution in [0.4, 0.5) is 0 Å².